The fourth-order valence-corrected chi connectivity index (χ4v) is 6.04. The number of ether oxygens (including phenoxy) is 6. The van der Waals surface area contributed by atoms with Gasteiger partial charge in [0.05, 0.1) is 26.4 Å². The topological polar surface area (TPSA) is 113 Å². The second-order valence-corrected chi connectivity index (χ2v) is 14.1. The lowest BCUT2D eigenvalue weighted by atomic mass is 10.0. The summed E-state index contributed by atoms with van der Waals surface area (Å²) in [5.41, 5.74) is -0.337. The van der Waals surface area contributed by atoms with Crippen molar-refractivity contribution < 1.29 is 42.8 Å². The van der Waals surface area contributed by atoms with Gasteiger partial charge in [0, 0.05) is 5.56 Å². The Morgan fingerprint density at radius 2 is 1.45 bits per heavy atom. The van der Waals surface area contributed by atoms with Crippen LogP contribution in [0, 0.1) is 0 Å². The highest BCUT2D eigenvalue weighted by molar-refractivity contribution is 6.02. The molecule has 2 aliphatic heterocycles. The van der Waals surface area contributed by atoms with Crippen LogP contribution in [0.5, 0.6) is 17.2 Å². The van der Waals surface area contributed by atoms with E-state index in [0.29, 0.717) is 35.8 Å². The third kappa shape index (κ3) is 8.34. The second kappa shape index (κ2) is 14.1. The number of hydrogen-bond donors (Lipinski definition) is 0. The van der Waals surface area contributed by atoms with E-state index in [-0.39, 0.29) is 25.0 Å². The number of benzene rings is 3. The zero-order chi connectivity index (χ0) is 35.6. The standard InChI is InChI=1S/C38H46N2O9/c1-36(2,3)49-35(43)39-28(23-46-37(39,4)5)20-25-14-17-29(18-15-25)48-32-21-27(16-19-31(32)44-8)33(41)30-24-47-38(6,7)40(30)34(42)45-22-26-12-10-9-11-13-26/h9-19,21,28,30H,20,22-24H2,1-8H3/t28-,30+/m0/s1. The maximum Gasteiger partial charge on any atom is 0.413 e. The first kappa shape index (κ1) is 35.7. The van der Waals surface area contributed by atoms with E-state index in [4.69, 9.17) is 28.4 Å². The molecule has 11 heteroatoms. The molecule has 0 N–H and O–H groups in total. The van der Waals surface area contributed by atoms with E-state index in [1.54, 1.807) is 36.9 Å². The van der Waals surface area contributed by atoms with Crippen LogP contribution in [0.1, 0.15) is 70.0 Å². The van der Waals surface area contributed by atoms with E-state index in [0.717, 1.165) is 11.1 Å². The Hall–Kier alpha value is -4.61. The maximum absolute atomic E-state index is 13.9. The Morgan fingerprint density at radius 3 is 2.10 bits per heavy atom. The van der Waals surface area contributed by atoms with Crippen LogP contribution in [-0.4, -0.2) is 77.2 Å². The van der Waals surface area contributed by atoms with Crippen molar-refractivity contribution in [1.29, 1.82) is 0 Å². The maximum atomic E-state index is 13.9. The predicted molar refractivity (Wildman–Crippen MR) is 182 cm³/mol. The third-order valence-electron chi connectivity index (χ3n) is 8.43. The molecule has 0 unspecified atom stereocenters. The van der Waals surface area contributed by atoms with Crippen LogP contribution in [0.25, 0.3) is 0 Å². The minimum Gasteiger partial charge on any atom is -0.493 e. The molecule has 2 heterocycles. The van der Waals surface area contributed by atoms with Crippen LogP contribution in [0.4, 0.5) is 9.59 Å². The number of methoxy groups -OCH3 is 1. The summed E-state index contributed by atoms with van der Waals surface area (Å²) in [4.78, 5) is 43.2. The molecular weight excluding hydrogens is 628 g/mol. The Morgan fingerprint density at radius 1 is 0.796 bits per heavy atom. The van der Waals surface area contributed by atoms with Gasteiger partial charge in [-0.2, -0.15) is 0 Å². The smallest absolute Gasteiger partial charge is 0.413 e. The van der Waals surface area contributed by atoms with Crippen molar-refractivity contribution in [2.75, 3.05) is 20.3 Å². The van der Waals surface area contributed by atoms with Crippen molar-refractivity contribution in [1.82, 2.24) is 9.80 Å². The Labute approximate surface area is 288 Å². The summed E-state index contributed by atoms with van der Waals surface area (Å²) in [5.74, 6) is 0.969. The van der Waals surface area contributed by atoms with Gasteiger partial charge in [-0.3, -0.25) is 14.6 Å². The fraction of sp³-hybridized carbons (Fsp3) is 0.447. The molecule has 0 aromatic heterocycles. The van der Waals surface area contributed by atoms with Crippen LogP contribution in [0.2, 0.25) is 0 Å². The minimum absolute atomic E-state index is 0.0184. The van der Waals surface area contributed by atoms with Gasteiger partial charge < -0.3 is 28.4 Å². The van der Waals surface area contributed by atoms with Gasteiger partial charge in [0.2, 0.25) is 0 Å². The quantitative estimate of drug-likeness (QED) is 0.215. The molecule has 0 saturated carbocycles. The molecule has 2 amide bonds. The lowest BCUT2D eigenvalue weighted by Crippen LogP contribution is -2.50. The van der Waals surface area contributed by atoms with Gasteiger partial charge in [-0.25, -0.2) is 9.59 Å². The number of rotatable bonds is 9. The highest BCUT2D eigenvalue weighted by atomic mass is 16.6. The van der Waals surface area contributed by atoms with Crippen molar-refractivity contribution >= 4 is 18.0 Å². The van der Waals surface area contributed by atoms with Crippen molar-refractivity contribution in [2.24, 2.45) is 0 Å². The normalized spacial score (nSPS) is 19.8. The van der Waals surface area contributed by atoms with Gasteiger partial charge >= 0.3 is 12.2 Å². The van der Waals surface area contributed by atoms with Crippen molar-refractivity contribution in [2.45, 2.75) is 90.6 Å². The molecule has 5 rings (SSSR count). The molecule has 49 heavy (non-hydrogen) atoms. The van der Waals surface area contributed by atoms with Crippen LogP contribution >= 0.6 is 0 Å². The van der Waals surface area contributed by atoms with E-state index in [2.05, 4.69) is 0 Å². The van der Waals surface area contributed by atoms with Crippen molar-refractivity contribution in [3.05, 3.63) is 89.5 Å². The fourth-order valence-electron chi connectivity index (χ4n) is 6.04. The Bertz CT molecular complexity index is 1650. The molecular formula is C38H46N2O9. The number of hydrogen-bond acceptors (Lipinski definition) is 9. The summed E-state index contributed by atoms with van der Waals surface area (Å²) in [6, 6.07) is 20.6. The largest absolute Gasteiger partial charge is 0.493 e. The average molecular weight is 675 g/mol. The first-order chi connectivity index (χ1) is 23.1. The summed E-state index contributed by atoms with van der Waals surface area (Å²) in [6.45, 7) is 13.2. The lowest BCUT2D eigenvalue weighted by Gasteiger charge is -2.35. The second-order valence-electron chi connectivity index (χ2n) is 14.1. The molecule has 262 valence electrons. The Balaban J connectivity index is 1.28. The van der Waals surface area contributed by atoms with Crippen LogP contribution in [0.15, 0.2) is 72.8 Å². The van der Waals surface area contributed by atoms with Gasteiger partial charge in [-0.05, 0) is 96.3 Å². The monoisotopic (exact) mass is 674 g/mol. The van der Waals surface area contributed by atoms with E-state index in [9.17, 15) is 14.4 Å². The van der Waals surface area contributed by atoms with Gasteiger partial charge in [0.15, 0.2) is 17.3 Å². The summed E-state index contributed by atoms with van der Waals surface area (Å²) in [7, 11) is 1.52. The summed E-state index contributed by atoms with van der Waals surface area (Å²) in [5, 5.41) is 0. The zero-order valence-corrected chi connectivity index (χ0v) is 29.5. The number of carbonyl (C=O) groups excluding carboxylic acids is 3. The molecule has 2 atom stereocenters. The SMILES string of the molecule is COc1ccc(C(=O)[C@H]2COC(C)(C)N2C(=O)OCc2ccccc2)cc1Oc1ccc(C[C@H]2COC(C)(C)N2C(=O)OC(C)(C)C)cc1. The number of ketones is 1. The first-order valence-electron chi connectivity index (χ1n) is 16.4. The van der Waals surface area contributed by atoms with Gasteiger partial charge in [-0.15, -0.1) is 0 Å². The molecule has 11 nitrogen and oxygen atoms in total. The van der Waals surface area contributed by atoms with Crippen LogP contribution in [-0.2, 0) is 32.0 Å². The minimum atomic E-state index is -1.05. The lowest BCUT2D eigenvalue weighted by molar-refractivity contribution is -0.0624. The first-order valence-corrected chi connectivity index (χ1v) is 16.4. The van der Waals surface area contributed by atoms with Gasteiger partial charge in [0.25, 0.3) is 0 Å². The highest BCUT2D eigenvalue weighted by Crippen LogP contribution is 2.36. The number of carbonyl (C=O) groups is 3. The summed E-state index contributed by atoms with van der Waals surface area (Å²) < 4.78 is 34.8. The molecule has 3 aromatic carbocycles. The van der Waals surface area contributed by atoms with Crippen LogP contribution < -0.4 is 9.47 Å². The van der Waals surface area contributed by atoms with E-state index in [1.165, 1.54) is 12.0 Å². The van der Waals surface area contributed by atoms with Gasteiger partial charge in [-0.1, -0.05) is 42.5 Å². The molecule has 0 spiro atoms. The number of Topliss-reactive ketones (excluding diaryl/α,β-unsaturated/α-hetero) is 1. The van der Waals surface area contributed by atoms with Crippen LogP contribution in [0.3, 0.4) is 0 Å². The van der Waals surface area contributed by atoms with Crippen molar-refractivity contribution in [3.8, 4) is 17.2 Å². The molecule has 2 aliphatic rings. The molecule has 0 radical (unpaired) electrons. The molecule has 0 aliphatic carbocycles. The average Bonchev–Trinajstić information content (AvgIpc) is 3.53. The van der Waals surface area contributed by atoms with Gasteiger partial charge in [0.1, 0.15) is 35.4 Å². The Kier molecular flexibility index (Phi) is 10.3. The third-order valence-corrected chi connectivity index (χ3v) is 8.43. The molecule has 0 bridgehead atoms. The summed E-state index contributed by atoms with van der Waals surface area (Å²) in [6.07, 6.45) is -0.501. The van der Waals surface area contributed by atoms with Crippen molar-refractivity contribution in [3.63, 3.8) is 0 Å². The highest BCUT2D eigenvalue weighted by Gasteiger charge is 2.48. The van der Waals surface area contributed by atoms with E-state index >= 15 is 0 Å². The number of amides is 2. The summed E-state index contributed by atoms with van der Waals surface area (Å²) >= 11 is 0. The van der Waals surface area contributed by atoms with E-state index in [1.807, 2.05) is 89.2 Å². The zero-order valence-electron chi connectivity index (χ0n) is 29.5. The molecule has 2 fully saturated rings. The number of nitrogens with zero attached hydrogens (tertiary/aromatic N) is 2. The van der Waals surface area contributed by atoms with E-state index < -0.39 is 35.3 Å². The molecule has 2 saturated heterocycles. The molecule has 3 aromatic rings. The predicted octanol–water partition coefficient (Wildman–Crippen LogP) is 7.36.